The highest BCUT2D eigenvalue weighted by molar-refractivity contribution is 8.14. The molecule has 9 heteroatoms. The SMILES string of the molecule is CCC(=O)O[C@]1(C(=O)SCC#N)CC[C@H]2[C@@H]3CC(C)C4=Cc5c(cnn5-c5ccc(F)cc5)C[C@]4(C)[C@H]3[C@@H](O)C[C@@]21C. The predicted molar refractivity (Wildman–Crippen MR) is 158 cm³/mol. The zero-order valence-electron chi connectivity index (χ0n) is 24.6. The number of carbonyl (C=O) groups is 2. The number of allylic oxidation sites excluding steroid dienone is 1. The molecule has 6 rings (SSSR count). The molecule has 1 N–H and O–H groups in total. The van der Waals surface area contributed by atoms with E-state index in [4.69, 9.17) is 4.74 Å². The minimum atomic E-state index is -1.35. The Morgan fingerprint density at radius 3 is 2.71 bits per heavy atom. The molecule has 2 aromatic rings. The number of rotatable bonds is 5. The number of hydrogen-bond donors (Lipinski definition) is 1. The van der Waals surface area contributed by atoms with E-state index in [-0.39, 0.29) is 52.2 Å². The summed E-state index contributed by atoms with van der Waals surface area (Å²) in [5.41, 5.74) is 1.80. The lowest BCUT2D eigenvalue weighted by molar-refractivity contribution is -0.197. The maximum absolute atomic E-state index is 13.7. The maximum Gasteiger partial charge on any atom is 0.306 e. The molecule has 1 aromatic heterocycles. The standard InChI is InChI=1S/C33H38FN3O4S/c1-5-28(39)41-33(30(40)42-13-12-35)11-10-24-23-14-19(2)25-15-26-20(18-36-37(26)22-8-6-21(34)7-9-22)16-31(25,3)29(23)27(38)17-32(24,33)4/h6-9,15,18-19,23-24,27,29,38H,5,10-11,13-14,16-17H2,1-4H3/t19?,23-,24-,27-,29+,31-,32-,33-/m0/s1. The first kappa shape index (κ1) is 29.1. The molecular formula is C33H38FN3O4S. The molecule has 1 unspecified atom stereocenters. The van der Waals surface area contributed by atoms with Crippen molar-refractivity contribution in [3.05, 3.63) is 53.1 Å². The minimum Gasteiger partial charge on any atom is -0.449 e. The lowest BCUT2D eigenvalue weighted by Crippen LogP contribution is -2.63. The molecule has 0 spiro atoms. The third kappa shape index (κ3) is 4.12. The van der Waals surface area contributed by atoms with Gasteiger partial charge in [0.05, 0.1) is 35.5 Å². The van der Waals surface area contributed by atoms with Crippen LogP contribution < -0.4 is 0 Å². The average molecular weight is 592 g/mol. The van der Waals surface area contributed by atoms with Gasteiger partial charge in [-0.2, -0.15) is 10.4 Å². The van der Waals surface area contributed by atoms with Crippen LogP contribution in [0.2, 0.25) is 0 Å². The second-order valence-corrected chi connectivity index (χ2v) is 14.1. The van der Waals surface area contributed by atoms with Crippen molar-refractivity contribution in [3.63, 3.8) is 0 Å². The number of nitriles is 1. The van der Waals surface area contributed by atoms with Crippen LogP contribution in [0.25, 0.3) is 11.8 Å². The van der Waals surface area contributed by atoms with Crippen LogP contribution in [0.3, 0.4) is 0 Å². The number of aliphatic hydroxyl groups is 1. The van der Waals surface area contributed by atoms with Crippen molar-refractivity contribution in [1.29, 1.82) is 5.26 Å². The van der Waals surface area contributed by atoms with E-state index >= 15 is 0 Å². The number of carbonyl (C=O) groups excluding carboxylic acids is 2. The fraction of sp³-hybridized carbons (Fsp3) is 0.576. The Kier molecular flexibility index (Phi) is 7.17. The van der Waals surface area contributed by atoms with Crippen molar-refractivity contribution in [2.45, 2.75) is 77.9 Å². The summed E-state index contributed by atoms with van der Waals surface area (Å²) in [5, 5.41) is 25.6. The topological polar surface area (TPSA) is 105 Å². The Balaban J connectivity index is 1.38. The molecule has 0 bridgehead atoms. The number of fused-ring (bicyclic) bond motifs is 6. The van der Waals surface area contributed by atoms with E-state index in [0.717, 1.165) is 48.0 Å². The molecule has 4 aliphatic carbocycles. The molecule has 3 fully saturated rings. The van der Waals surface area contributed by atoms with Gasteiger partial charge in [-0.25, -0.2) is 9.07 Å². The van der Waals surface area contributed by atoms with E-state index in [2.05, 4.69) is 25.0 Å². The van der Waals surface area contributed by atoms with Crippen molar-refractivity contribution in [3.8, 4) is 11.8 Å². The molecule has 3 saturated carbocycles. The van der Waals surface area contributed by atoms with E-state index in [1.54, 1.807) is 19.1 Å². The van der Waals surface area contributed by atoms with Gasteiger partial charge in [0.2, 0.25) is 5.12 Å². The molecule has 0 aliphatic heterocycles. The van der Waals surface area contributed by atoms with Crippen LogP contribution in [0.1, 0.15) is 71.1 Å². The summed E-state index contributed by atoms with van der Waals surface area (Å²) < 4.78 is 21.6. The van der Waals surface area contributed by atoms with Crippen LogP contribution in [0.4, 0.5) is 4.39 Å². The number of benzene rings is 1. The van der Waals surface area contributed by atoms with Crippen LogP contribution in [-0.2, 0) is 20.7 Å². The Bertz CT molecular complexity index is 1500. The Labute approximate surface area is 250 Å². The van der Waals surface area contributed by atoms with Crippen molar-refractivity contribution in [2.75, 3.05) is 5.75 Å². The molecule has 0 radical (unpaired) electrons. The van der Waals surface area contributed by atoms with Gasteiger partial charge in [0.15, 0.2) is 5.60 Å². The summed E-state index contributed by atoms with van der Waals surface area (Å²) in [5.74, 6) is -0.288. The van der Waals surface area contributed by atoms with Gasteiger partial charge in [0, 0.05) is 11.8 Å². The monoisotopic (exact) mass is 591 g/mol. The van der Waals surface area contributed by atoms with E-state index in [0.29, 0.717) is 12.8 Å². The molecule has 1 aromatic carbocycles. The van der Waals surface area contributed by atoms with E-state index in [1.807, 2.05) is 23.9 Å². The van der Waals surface area contributed by atoms with Crippen LogP contribution in [0, 0.1) is 51.6 Å². The second kappa shape index (κ2) is 10.3. The fourth-order valence-electron chi connectivity index (χ4n) is 9.43. The van der Waals surface area contributed by atoms with Gasteiger partial charge < -0.3 is 9.84 Å². The number of nitrogens with zero attached hydrogens (tertiary/aromatic N) is 3. The van der Waals surface area contributed by atoms with Crippen molar-refractivity contribution in [1.82, 2.24) is 9.78 Å². The molecule has 0 amide bonds. The molecule has 0 saturated heterocycles. The van der Waals surface area contributed by atoms with Crippen LogP contribution in [0.15, 0.2) is 36.0 Å². The quantitative estimate of drug-likeness (QED) is 0.433. The number of aliphatic hydroxyl groups excluding tert-OH is 1. The molecule has 1 heterocycles. The summed E-state index contributed by atoms with van der Waals surface area (Å²) >= 11 is 0.923. The van der Waals surface area contributed by atoms with Gasteiger partial charge in [-0.15, -0.1) is 0 Å². The second-order valence-electron chi connectivity index (χ2n) is 13.2. The predicted octanol–water partition coefficient (Wildman–Crippen LogP) is 5.89. The summed E-state index contributed by atoms with van der Waals surface area (Å²) in [4.78, 5) is 26.5. The molecule has 42 heavy (non-hydrogen) atoms. The smallest absolute Gasteiger partial charge is 0.306 e. The Morgan fingerprint density at radius 1 is 1.29 bits per heavy atom. The van der Waals surface area contributed by atoms with Gasteiger partial charge in [0.1, 0.15) is 5.82 Å². The van der Waals surface area contributed by atoms with Crippen LogP contribution >= 0.6 is 11.8 Å². The first-order valence-corrected chi connectivity index (χ1v) is 16.0. The van der Waals surface area contributed by atoms with Crippen LogP contribution in [0.5, 0.6) is 0 Å². The van der Waals surface area contributed by atoms with E-state index < -0.39 is 23.1 Å². The van der Waals surface area contributed by atoms with Gasteiger partial charge in [-0.05, 0) is 97.1 Å². The number of halogens is 1. The van der Waals surface area contributed by atoms with Gasteiger partial charge >= 0.3 is 5.97 Å². The lowest BCUT2D eigenvalue weighted by Gasteiger charge is -2.61. The number of esters is 1. The number of aromatic nitrogens is 2. The van der Waals surface area contributed by atoms with Crippen molar-refractivity contribution >= 4 is 28.9 Å². The third-order valence-corrected chi connectivity index (χ3v) is 12.0. The summed E-state index contributed by atoms with van der Waals surface area (Å²) in [6.45, 7) is 8.26. The highest BCUT2D eigenvalue weighted by Gasteiger charge is 2.71. The zero-order valence-corrected chi connectivity index (χ0v) is 25.4. The van der Waals surface area contributed by atoms with E-state index in [9.17, 15) is 24.3 Å². The summed E-state index contributed by atoms with van der Waals surface area (Å²) in [6.07, 6.45) is 6.68. The molecule has 7 nitrogen and oxygen atoms in total. The fourth-order valence-corrected chi connectivity index (χ4v) is 10.2. The summed E-state index contributed by atoms with van der Waals surface area (Å²) in [7, 11) is 0. The first-order chi connectivity index (χ1) is 20.0. The minimum absolute atomic E-state index is 0.00316. The lowest BCUT2D eigenvalue weighted by atomic mass is 9.44. The largest absolute Gasteiger partial charge is 0.449 e. The first-order valence-electron chi connectivity index (χ1n) is 15.0. The highest BCUT2D eigenvalue weighted by Crippen LogP contribution is 2.69. The maximum atomic E-state index is 13.7. The van der Waals surface area contributed by atoms with E-state index in [1.165, 1.54) is 17.7 Å². The number of ether oxygens (including phenoxy) is 1. The molecule has 4 aliphatic rings. The van der Waals surface area contributed by atoms with Crippen LogP contribution in [-0.4, -0.2) is 43.4 Å². The van der Waals surface area contributed by atoms with Gasteiger partial charge in [-0.1, -0.05) is 45.0 Å². The Hall–Kier alpha value is -2.96. The highest BCUT2D eigenvalue weighted by atomic mass is 32.2. The molecule has 222 valence electrons. The van der Waals surface area contributed by atoms with Gasteiger partial charge in [0.25, 0.3) is 0 Å². The molecular weight excluding hydrogens is 553 g/mol. The zero-order chi connectivity index (χ0) is 30.0. The number of thioether (sulfide) groups is 1. The Morgan fingerprint density at radius 2 is 2.02 bits per heavy atom. The molecule has 8 atom stereocenters. The number of hydrogen-bond acceptors (Lipinski definition) is 7. The van der Waals surface area contributed by atoms with Crippen molar-refractivity contribution < 1.29 is 23.8 Å². The normalized spacial score (nSPS) is 36.5. The average Bonchev–Trinajstić information content (AvgIpc) is 3.48. The van der Waals surface area contributed by atoms with Crippen molar-refractivity contribution in [2.24, 2.45) is 34.5 Å². The van der Waals surface area contributed by atoms with Gasteiger partial charge in [-0.3, -0.25) is 9.59 Å². The third-order valence-electron chi connectivity index (χ3n) is 11.1. The summed E-state index contributed by atoms with van der Waals surface area (Å²) in [6, 6.07) is 8.37.